The van der Waals surface area contributed by atoms with Crippen LogP contribution in [-0.2, 0) is 38.5 Å². The van der Waals surface area contributed by atoms with Crippen LogP contribution in [0.3, 0.4) is 0 Å². The number of nitrogens with one attached hydrogen (secondary N) is 1. The molecule has 6 atom stereocenters. The van der Waals surface area contributed by atoms with E-state index in [0.29, 0.717) is 78.9 Å². The summed E-state index contributed by atoms with van der Waals surface area (Å²) in [6.07, 6.45) is 11.7. The summed E-state index contributed by atoms with van der Waals surface area (Å²) in [5.41, 5.74) is 6.30. The molecule has 0 bridgehead atoms. The van der Waals surface area contributed by atoms with Crippen molar-refractivity contribution in [2.45, 2.75) is 139 Å². The van der Waals surface area contributed by atoms with E-state index in [1.54, 1.807) is 31.0 Å². The van der Waals surface area contributed by atoms with E-state index >= 15 is 8.78 Å². The van der Waals surface area contributed by atoms with Crippen LogP contribution in [0.15, 0.2) is 66.9 Å². The summed E-state index contributed by atoms with van der Waals surface area (Å²) in [6.45, 7) is 9.20. The zero-order valence-corrected chi connectivity index (χ0v) is 45.9. The predicted molar refractivity (Wildman–Crippen MR) is 300 cm³/mol. The number of pyridine rings is 1. The molecule has 7 aliphatic rings. The second kappa shape index (κ2) is 20.7. The van der Waals surface area contributed by atoms with E-state index in [4.69, 9.17) is 19.4 Å². The number of imide groups is 1. The number of aromatic nitrogens is 3. The molecule has 5 saturated heterocycles. The number of carbonyl (C=O) groups excluding carboxylic acids is 3. The number of likely N-dealkylation sites (N-methyl/N-ethyl adjacent to an activating group) is 1. The minimum Gasteiger partial charge on any atom is -0.508 e. The van der Waals surface area contributed by atoms with E-state index in [1.807, 2.05) is 17.9 Å². The van der Waals surface area contributed by atoms with E-state index in [2.05, 4.69) is 50.4 Å². The maximum Gasteiger partial charge on any atom is 0.319 e. The van der Waals surface area contributed by atoms with Gasteiger partial charge in [0, 0.05) is 56.6 Å². The number of carbonyl (C=O) groups is 3. The third kappa shape index (κ3) is 9.44. The SMILES string of the molecule is CCc1c(F)ccc2cc(O)cc(-c3ncc4c(N5CCC[C@@](C)(O)C5)nc(OC[C@@]56CCCN5[C@H](COC5CCc7cc(CN8CCC(c9ccc%10c(c9)N(C)C(=O)C%10C9CCC(=O)NC9=O)CC8)ccc75)CC6)nc4c3F)c12. The topological polar surface area (TPSA) is 174 Å². The van der Waals surface area contributed by atoms with Gasteiger partial charge in [0.05, 0.1) is 41.1 Å². The summed E-state index contributed by atoms with van der Waals surface area (Å²) < 4.78 is 46.1. The fourth-order valence-corrected chi connectivity index (χ4v) is 15.0. The molecule has 0 spiro atoms. The van der Waals surface area contributed by atoms with Gasteiger partial charge in [-0.3, -0.25) is 34.5 Å². The first-order chi connectivity index (χ1) is 38.6. The standard InChI is InChI=1S/C63H70F2N8O7/c1-4-43-49(64)14-9-40-28-42(74)30-47(53(40)43)56-55(65)57-48(31-66-56)58(72-23-5-20-62(2,78)34-72)69-61(68-57)80-35-63-21-6-24-73(63)41(17-22-63)33-79-51-15-10-39-27-36(7-11-44(39)51)32-71-25-18-37(19-26-71)38-8-12-45-50(29-38)70(3)60(77)54(45)46-13-16-52(75)67-59(46)76/h7-9,11-12,14,27-31,37,41,46,51,54,74,78H,4-6,10,13,15-26,32-35H2,1-3H3,(H,67,75,76)/t41-,46?,51?,54?,62+,63-/m0/s1. The van der Waals surface area contributed by atoms with Gasteiger partial charge in [-0.1, -0.05) is 43.3 Å². The highest BCUT2D eigenvalue weighted by Crippen LogP contribution is 2.47. The number of aliphatic hydroxyl groups is 1. The Bertz CT molecular complexity index is 3480. The number of nitrogens with zero attached hydrogens (tertiary/aromatic N) is 7. The molecule has 13 rings (SSSR count). The fraction of sp³-hybridized carbons (Fsp3) is 0.492. The van der Waals surface area contributed by atoms with Crippen molar-refractivity contribution in [2.24, 2.45) is 5.92 Å². The Balaban J connectivity index is 0.659. The van der Waals surface area contributed by atoms with Gasteiger partial charge < -0.3 is 29.5 Å². The van der Waals surface area contributed by atoms with E-state index in [1.165, 1.54) is 40.6 Å². The van der Waals surface area contributed by atoms with Gasteiger partial charge in [0.1, 0.15) is 35.2 Å². The van der Waals surface area contributed by atoms with Crippen molar-refractivity contribution in [3.63, 3.8) is 0 Å². The highest BCUT2D eigenvalue weighted by molar-refractivity contribution is 6.09. The molecule has 418 valence electrons. The third-order valence-corrected chi connectivity index (χ3v) is 19.1. The van der Waals surface area contributed by atoms with Crippen molar-refractivity contribution in [3.8, 4) is 23.0 Å². The number of hydrogen-bond acceptors (Lipinski definition) is 13. The van der Waals surface area contributed by atoms with Crippen LogP contribution in [0.2, 0.25) is 0 Å². The fourth-order valence-electron chi connectivity index (χ4n) is 15.0. The molecule has 80 heavy (non-hydrogen) atoms. The number of likely N-dealkylation sites (tertiary alicyclic amines) is 1. The number of aromatic hydroxyl groups is 1. The monoisotopic (exact) mass is 1090 g/mol. The minimum absolute atomic E-state index is 0.000322. The largest absolute Gasteiger partial charge is 0.508 e. The first kappa shape index (κ1) is 52.7. The number of piperidine rings is 3. The lowest BCUT2D eigenvalue weighted by Gasteiger charge is -2.38. The van der Waals surface area contributed by atoms with Crippen LogP contribution in [0.1, 0.15) is 136 Å². The highest BCUT2D eigenvalue weighted by Gasteiger charge is 2.51. The van der Waals surface area contributed by atoms with Crippen LogP contribution in [0.4, 0.5) is 20.3 Å². The molecule has 5 fully saturated rings. The zero-order chi connectivity index (χ0) is 55.2. The van der Waals surface area contributed by atoms with Crippen molar-refractivity contribution < 1.29 is 42.9 Å². The Morgan fingerprint density at radius 1 is 0.875 bits per heavy atom. The number of rotatable bonds is 13. The normalized spacial score (nSPS) is 26.4. The van der Waals surface area contributed by atoms with Crippen LogP contribution >= 0.6 is 0 Å². The molecule has 6 aromatic rings. The van der Waals surface area contributed by atoms with Crippen molar-refractivity contribution in [2.75, 3.05) is 62.8 Å². The Kier molecular flexibility index (Phi) is 13.6. The highest BCUT2D eigenvalue weighted by atomic mass is 19.1. The number of amides is 3. The number of aryl methyl sites for hydroxylation is 2. The minimum atomic E-state index is -0.983. The summed E-state index contributed by atoms with van der Waals surface area (Å²) in [5.74, 6) is -2.23. The van der Waals surface area contributed by atoms with Crippen LogP contribution in [0.25, 0.3) is 32.9 Å². The molecular weight excluding hydrogens is 1020 g/mol. The predicted octanol–water partition coefficient (Wildman–Crippen LogP) is 9.31. The third-order valence-electron chi connectivity index (χ3n) is 19.1. The lowest BCUT2D eigenvalue weighted by atomic mass is 9.80. The molecule has 17 heteroatoms. The van der Waals surface area contributed by atoms with Gasteiger partial charge in [0.25, 0.3) is 0 Å². The number of phenolic OH excluding ortho intramolecular Hbond substituents is 1. The first-order valence-corrected chi connectivity index (χ1v) is 29.0. The lowest BCUT2D eigenvalue weighted by Crippen LogP contribution is -2.48. The Hall–Kier alpha value is -6.66. The van der Waals surface area contributed by atoms with Gasteiger partial charge >= 0.3 is 6.01 Å². The van der Waals surface area contributed by atoms with Gasteiger partial charge in [-0.25, -0.2) is 8.78 Å². The van der Waals surface area contributed by atoms with Gasteiger partial charge in [0.15, 0.2) is 5.82 Å². The summed E-state index contributed by atoms with van der Waals surface area (Å²) in [4.78, 5) is 61.1. The number of halogens is 2. The van der Waals surface area contributed by atoms with Crippen LogP contribution < -0.4 is 19.9 Å². The quantitative estimate of drug-likeness (QED) is 0.0935. The molecule has 8 heterocycles. The number of benzene rings is 4. The molecule has 3 amide bonds. The number of anilines is 2. The summed E-state index contributed by atoms with van der Waals surface area (Å²) in [6, 6.07) is 19.4. The number of hydrogen-bond donors (Lipinski definition) is 3. The van der Waals surface area contributed by atoms with E-state index < -0.39 is 29.1 Å². The molecular formula is C63H70F2N8O7. The second-order valence-electron chi connectivity index (χ2n) is 24.2. The van der Waals surface area contributed by atoms with E-state index in [9.17, 15) is 24.6 Å². The smallest absolute Gasteiger partial charge is 0.319 e. The Morgan fingerprint density at radius 3 is 2.51 bits per heavy atom. The van der Waals surface area contributed by atoms with E-state index in [-0.39, 0.29) is 76.9 Å². The second-order valence-corrected chi connectivity index (χ2v) is 24.2. The maximum absolute atomic E-state index is 17.3. The van der Waals surface area contributed by atoms with Crippen molar-refractivity contribution in [3.05, 3.63) is 112 Å². The average Bonchev–Trinajstić information content (AvgIpc) is 4.21. The van der Waals surface area contributed by atoms with Gasteiger partial charge in [-0.05, 0) is 178 Å². The van der Waals surface area contributed by atoms with Crippen molar-refractivity contribution in [1.82, 2.24) is 30.1 Å². The van der Waals surface area contributed by atoms with Crippen LogP contribution in [0.5, 0.6) is 11.8 Å². The summed E-state index contributed by atoms with van der Waals surface area (Å²) >= 11 is 0. The maximum atomic E-state index is 17.3. The van der Waals surface area contributed by atoms with Crippen LogP contribution in [-0.4, -0.2) is 123 Å². The number of β-amino-alcohol motifs (C(OH)–C–C–N with tert-alkyl or cyclic N) is 1. The van der Waals surface area contributed by atoms with Gasteiger partial charge in [-0.2, -0.15) is 9.97 Å². The average molecular weight is 1090 g/mol. The number of ether oxygens (including phenoxy) is 2. The van der Waals surface area contributed by atoms with Gasteiger partial charge in [-0.15, -0.1) is 0 Å². The first-order valence-electron chi connectivity index (χ1n) is 29.0. The lowest BCUT2D eigenvalue weighted by molar-refractivity contribution is -0.139. The summed E-state index contributed by atoms with van der Waals surface area (Å²) in [7, 11) is 1.79. The zero-order valence-electron chi connectivity index (χ0n) is 45.9. The van der Waals surface area contributed by atoms with Crippen LogP contribution in [0, 0.1) is 17.6 Å². The molecule has 2 aromatic heterocycles. The van der Waals surface area contributed by atoms with Gasteiger partial charge in [0.2, 0.25) is 17.7 Å². The molecule has 3 N–H and O–H groups in total. The van der Waals surface area contributed by atoms with E-state index in [0.717, 1.165) is 88.8 Å². The molecule has 15 nitrogen and oxygen atoms in total. The molecule has 6 aliphatic heterocycles. The molecule has 4 aromatic carbocycles. The van der Waals surface area contributed by atoms with Crippen molar-refractivity contribution in [1.29, 1.82) is 0 Å². The Labute approximate surface area is 464 Å². The summed E-state index contributed by atoms with van der Waals surface area (Å²) in [5, 5.41) is 25.9. The Morgan fingerprint density at radius 2 is 1.70 bits per heavy atom. The molecule has 1 aliphatic carbocycles. The molecule has 3 unspecified atom stereocenters. The number of fused-ring (bicyclic) bond motifs is 5. The molecule has 0 radical (unpaired) electrons. The molecule has 0 saturated carbocycles. The number of phenols is 1. The van der Waals surface area contributed by atoms with Crippen molar-refractivity contribution >= 4 is 50.9 Å².